The Bertz CT molecular complexity index is 263. The van der Waals surface area contributed by atoms with Crippen molar-refractivity contribution in [2.75, 3.05) is 6.54 Å². The topological polar surface area (TPSA) is 12.0 Å². The van der Waals surface area contributed by atoms with E-state index in [9.17, 15) is 0 Å². The predicted octanol–water partition coefficient (Wildman–Crippen LogP) is 6.32. The second-order valence-electron chi connectivity index (χ2n) is 8.34. The van der Waals surface area contributed by atoms with Crippen molar-refractivity contribution in [3.05, 3.63) is 0 Å². The normalized spacial score (nSPS) is 36.8. The van der Waals surface area contributed by atoms with Crippen LogP contribution in [0.5, 0.6) is 0 Å². The lowest BCUT2D eigenvalue weighted by atomic mass is 9.83. The molecule has 1 N–H and O–H groups in total. The maximum absolute atomic E-state index is 3.97. The van der Waals surface area contributed by atoms with Crippen LogP contribution in [0.15, 0.2) is 0 Å². The van der Waals surface area contributed by atoms with Crippen molar-refractivity contribution in [1.29, 1.82) is 0 Å². The van der Waals surface area contributed by atoms with Crippen LogP contribution in [0.25, 0.3) is 0 Å². The summed E-state index contributed by atoms with van der Waals surface area (Å²) in [5, 5.41) is 3.97. The first-order chi connectivity index (χ1) is 10.8. The first-order valence-corrected chi connectivity index (χ1v) is 10.5. The lowest BCUT2D eigenvalue weighted by Crippen LogP contribution is -2.37. The molecule has 0 spiro atoms. The summed E-state index contributed by atoms with van der Waals surface area (Å²) in [4.78, 5) is 0. The van der Waals surface area contributed by atoms with E-state index < -0.39 is 0 Å². The summed E-state index contributed by atoms with van der Waals surface area (Å²) in [5.41, 5.74) is 0. The van der Waals surface area contributed by atoms with Crippen LogP contribution < -0.4 is 5.32 Å². The van der Waals surface area contributed by atoms with E-state index in [0.29, 0.717) is 0 Å². The lowest BCUT2D eigenvalue weighted by molar-refractivity contribution is 0.269. The molecule has 2 atom stereocenters. The van der Waals surface area contributed by atoms with E-state index in [-0.39, 0.29) is 0 Å². The molecule has 0 radical (unpaired) electrons. The largest absolute Gasteiger partial charge is 0.314 e. The summed E-state index contributed by atoms with van der Waals surface area (Å²) in [6, 6.07) is 0.826. The molecule has 22 heavy (non-hydrogen) atoms. The monoisotopic (exact) mass is 307 g/mol. The Hall–Kier alpha value is -0.0400. The summed E-state index contributed by atoms with van der Waals surface area (Å²) in [6.45, 7) is 6.12. The van der Waals surface area contributed by atoms with Crippen LogP contribution in [0.4, 0.5) is 0 Å². The third-order valence-electron chi connectivity index (χ3n) is 6.51. The number of hydrogen-bond acceptors (Lipinski definition) is 1. The molecule has 1 heteroatoms. The standard InChI is InChI=1S/C21H41N/c1-3-19-12-8-16-21(22-17-9-13-19)20-14-6-4-10-18(2)11-5-7-15-20/h18-22H,3-17H2,1-2H3. The molecule has 2 unspecified atom stereocenters. The Kier molecular flexibility index (Phi) is 8.89. The summed E-state index contributed by atoms with van der Waals surface area (Å²) >= 11 is 0. The molecule has 0 bridgehead atoms. The second-order valence-corrected chi connectivity index (χ2v) is 8.34. The first-order valence-electron chi connectivity index (χ1n) is 10.5. The van der Waals surface area contributed by atoms with Gasteiger partial charge in [-0.25, -0.2) is 0 Å². The molecule has 1 aliphatic carbocycles. The lowest BCUT2D eigenvalue weighted by Gasteiger charge is -2.29. The molecule has 0 aromatic heterocycles. The molecule has 2 fully saturated rings. The number of rotatable bonds is 2. The molecule has 1 saturated heterocycles. The smallest absolute Gasteiger partial charge is 0.00953 e. The zero-order valence-corrected chi connectivity index (χ0v) is 15.4. The molecule has 2 rings (SSSR count). The molecule has 2 aliphatic rings. The van der Waals surface area contributed by atoms with E-state index in [4.69, 9.17) is 0 Å². The Morgan fingerprint density at radius 1 is 0.727 bits per heavy atom. The van der Waals surface area contributed by atoms with Crippen molar-refractivity contribution < 1.29 is 0 Å². The first kappa shape index (κ1) is 18.3. The summed E-state index contributed by atoms with van der Waals surface area (Å²) in [7, 11) is 0. The fourth-order valence-electron chi connectivity index (χ4n) is 4.85. The minimum absolute atomic E-state index is 0.826. The van der Waals surface area contributed by atoms with Gasteiger partial charge in [-0.15, -0.1) is 0 Å². The highest BCUT2D eigenvalue weighted by molar-refractivity contribution is 4.79. The van der Waals surface area contributed by atoms with E-state index in [1.165, 1.54) is 96.4 Å². The molecule has 0 aromatic rings. The minimum atomic E-state index is 0.826. The summed E-state index contributed by atoms with van der Waals surface area (Å²) < 4.78 is 0. The highest BCUT2D eigenvalue weighted by Crippen LogP contribution is 2.29. The highest BCUT2D eigenvalue weighted by Gasteiger charge is 2.22. The average Bonchev–Trinajstić information content (AvgIpc) is 2.65. The van der Waals surface area contributed by atoms with Gasteiger partial charge in [-0.2, -0.15) is 0 Å². The summed E-state index contributed by atoms with van der Waals surface area (Å²) in [6.07, 6.45) is 20.5. The molecule has 1 nitrogen and oxygen atoms in total. The van der Waals surface area contributed by atoms with Gasteiger partial charge < -0.3 is 5.32 Å². The van der Waals surface area contributed by atoms with E-state index in [0.717, 1.165) is 23.8 Å². The van der Waals surface area contributed by atoms with Gasteiger partial charge in [0.25, 0.3) is 0 Å². The van der Waals surface area contributed by atoms with Crippen LogP contribution in [0.1, 0.15) is 104 Å². The van der Waals surface area contributed by atoms with Crippen molar-refractivity contribution in [3.63, 3.8) is 0 Å². The van der Waals surface area contributed by atoms with Crippen LogP contribution in [-0.2, 0) is 0 Å². The van der Waals surface area contributed by atoms with Gasteiger partial charge in [0.15, 0.2) is 0 Å². The zero-order valence-electron chi connectivity index (χ0n) is 15.4. The maximum Gasteiger partial charge on any atom is 0.00953 e. The van der Waals surface area contributed by atoms with Crippen molar-refractivity contribution in [1.82, 2.24) is 5.32 Å². The van der Waals surface area contributed by atoms with Crippen molar-refractivity contribution in [2.45, 2.75) is 110 Å². The van der Waals surface area contributed by atoms with Crippen LogP contribution in [0.3, 0.4) is 0 Å². The Morgan fingerprint density at radius 3 is 2.05 bits per heavy atom. The number of hydrogen-bond donors (Lipinski definition) is 1. The van der Waals surface area contributed by atoms with Crippen LogP contribution in [0.2, 0.25) is 0 Å². The molecule has 1 heterocycles. The molecular formula is C21H41N. The van der Waals surface area contributed by atoms with E-state index >= 15 is 0 Å². The fraction of sp³-hybridized carbons (Fsp3) is 1.00. The third kappa shape index (κ3) is 6.60. The van der Waals surface area contributed by atoms with Gasteiger partial charge in [0, 0.05) is 6.04 Å². The molecule has 130 valence electrons. The van der Waals surface area contributed by atoms with Crippen molar-refractivity contribution >= 4 is 0 Å². The maximum atomic E-state index is 3.97. The van der Waals surface area contributed by atoms with E-state index in [1.807, 2.05) is 0 Å². The van der Waals surface area contributed by atoms with Gasteiger partial charge in [-0.05, 0) is 56.4 Å². The van der Waals surface area contributed by atoms with Crippen molar-refractivity contribution in [2.24, 2.45) is 17.8 Å². The van der Waals surface area contributed by atoms with Gasteiger partial charge in [0.05, 0.1) is 0 Å². The van der Waals surface area contributed by atoms with Gasteiger partial charge in [-0.3, -0.25) is 0 Å². The Morgan fingerprint density at radius 2 is 1.36 bits per heavy atom. The molecule has 1 saturated carbocycles. The Labute approximate surface area is 140 Å². The van der Waals surface area contributed by atoms with E-state index in [1.54, 1.807) is 0 Å². The Balaban J connectivity index is 1.83. The highest BCUT2D eigenvalue weighted by atomic mass is 14.9. The fourth-order valence-corrected chi connectivity index (χ4v) is 4.85. The quantitative estimate of drug-likeness (QED) is 0.629. The van der Waals surface area contributed by atoms with Gasteiger partial charge >= 0.3 is 0 Å². The second kappa shape index (κ2) is 10.7. The van der Waals surface area contributed by atoms with Gasteiger partial charge in [0.2, 0.25) is 0 Å². The molecule has 1 aliphatic heterocycles. The van der Waals surface area contributed by atoms with Crippen LogP contribution >= 0.6 is 0 Å². The predicted molar refractivity (Wildman–Crippen MR) is 98.2 cm³/mol. The van der Waals surface area contributed by atoms with Crippen LogP contribution in [0, 0.1) is 17.8 Å². The van der Waals surface area contributed by atoms with E-state index in [2.05, 4.69) is 19.2 Å². The molecule has 0 amide bonds. The molecular weight excluding hydrogens is 266 g/mol. The van der Waals surface area contributed by atoms with Gasteiger partial charge in [0.1, 0.15) is 0 Å². The molecule has 0 aromatic carbocycles. The SMILES string of the molecule is CCC1CCCNC(C2CCCCC(C)CCCC2)CCC1. The number of nitrogens with one attached hydrogen (secondary N) is 1. The third-order valence-corrected chi connectivity index (χ3v) is 6.51. The van der Waals surface area contributed by atoms with Crippen LogP contribution in [-0.4, -0.2) is 12.6 Å². The van der Waals surface area contributed by atoms with Gasteiger partial charge in [-0.1, -0.05) is 71.6 Å². The summed E-state index contributed by atoms with van der Waals surface area (Å²) in [5.74, 6) is 2.95. The zero-order chi connectivity index (χ0) is 15.6. The minimum Gasteiger partial charge on any atom is -0.314 e. The average molecular weight is 308 g/mol. The van der Waals surface area contributed by atoms with Crippen molar-refractivity contribution in [3.8, 4) is 0 Å².